The average molecular weight is 549 g/mol. The molecule has 1 heterocycles. The highest BCUT2D eigenvalue weighted by molar-refractivity contribution is 7.99. The van der Waals surface area contributed by atoms with Crippen molar-refractivity contribution >= 4 is 52.5 Å². The third-order valence-corrected chi connectivity index (χ3v) is 7.06. The standard InChI is InChI=1S/C26H31Cl2N5O2S/c1-6-33-24(22(11-15(2)3)30-25(35)19-9-8-18(27)13-20(19)28)31-32-26(33)36-14-23(34)29-21-10-7-16(4)12-17(21)5/h7-10,12-13,15,22H,6,11,14H2,1-5H3,(H,29,34)(H,30,35)/t22-/m1/s1. The number of rotatable bonds is 10. The summed E-state index contributed by atoms with van der Waals surface area (Å²) >= 11 is 13.5. The van der Waals surface area contributed by atoms with Gasteiger partial charge in [-0.3, -0.25) is 9.59 Å². The lowest BCUT2D eigenvalue weighted by molar-refractivity contribution is -0.113. The minimum absolute atomic E-state index is 0.122. The molecular formula is C26H31Cl2N5O2S. The maximum absolute atomic E-state index is 13.0. The number of hydrogen-bond acceptors (Lipinski definition) is 5. The van der Waals surface area contributed by atoms with Crippen LogP contribution in [0.4, 0.5) is 5.69 Å². The number of aryl methyl sites for hydroxylation is 2. The number of nitrogens with zero attached hydrogens (tertiary/aromatic N) is 3. The van der Waals surface area contributed by atoms with Gasteiger partial charge >= 0.3 is 0 Å². The van der Waals surface area contributed by atoms with E-state index in [2.05, 4.69) is 34.7 Å². The zero-order valence-corrected chi connectivity index (χ0v) is 23.4. The van der Waals surface area contributed by atoms with Crippen LogP contribution in [-0.2, 0) is 11.3 Å². The number of amides is 2. The molecule has 36 heavy (non-hydrogen) atoms. The number of benzene rings is 2. The molecule has 10 heteroatoms. The minimum atomic E-state index is -0.380. The van der Waals surface area contributed by atoms with E-state index < -0.39 is 0 Å². The Morgan fingerprint density at radius 2 is 1.83 bits per heavy atom. The van der Waals surface area contributed by atoms with E-state index in [0.717, 1.165) is 16.8 Å². The molecule has 0 aliphatic heterocycles. The van der Waals surface area contributed by atoms with Gasteiger partial charge in [0, 0.05) is 17.3 Å². The highest BCUT2D eigenvalue weighted by Gasteiger charge is 2.25. The van der Waals surface area contributed by atoms with E-state index in [-0.39, 0.29) is 34.5 Å². The van der Waals surface area contributed by atoms with E-state index in [9.17, 15) is 9.59 Å². The Morgan fingerprint density at radius 3 is 2.47 bits per heavy atom. The Bertz CT molecular complexity index is 1250. The first kappa shape index (κ1) is 28.0. The molecule has 1 aromatic heterocycles. The normalized spacial score (nSPS) is 12.0. The van der Waals surface area contributed by atoms with Crippen molar-refractivity contribution in [1.29, 1.82) is 0 Å². The molecule has 0 bridgehead atoms. The molecule has 3 rings (SSSR count). The van der Waals surface area contributed by atoms with Crippen molar-refractivity contribution in [3.8, 4) is 0 Å². The predicted molar refractivity (Wildman–Crippen MR) is 147 cm³/mol. The van der Waals surface area contributed by atoms with E-state index in [1.54, 1.807) is 18.2 Å². The summed E-state index contributed by atoms with van der Waals surface area (Å²) < 4.78 is 1.94. The minimum Gasteiger partial charge on any atom is -0.342 e. The van der Waals surface area contributed by atoms with Gasteiger partial charge in [-0.05, 0) is 62.9 Å². The topological polar surface area (TPSA) is 88.9 Å². The third-order valence-electron chi connectivity index (χ3n) is 5.55. The summed E-state index contributed by atoms with van der Waals surface area (Å²) in [6, 6.07) is 10.3. The number of hydrogen-bond donors (Lipinski definition) is 2. The summed E-state index contributed by atoms with van der Waals surface area (Å²) in [5.74, 6) is 0.686. The first-order valence-electron chi connectivity index (χ1n) is 11.8. The average Bonchev–Trinajstić information content (AvgIpc) is 3.21. The van der Waals surface area contributed by atoms with Gasteiger partial charge < -0.3 is 15.2 Å². The predicted octanol–water partition coefficient (Wildman–Crippen LogP) is 6.47. The molecule has 0 aliphatic rings. The van der Waals surface area contributed by atoms with Gasteiger partial charge in [0.1, 0.15) is 0 Å². The Hall–Kier alpha value is -2.55. The van der Waals surface area contributed by atoms with E-state index in [4.69, 9.17) is 23.2 Å². The van der Waals surface area contributed by atoms with Crippen molar-refractivity contribution < 1.29 is 9.59 Å². The number of anilines is 1. The second-order valence-corrected chi connectivity index (χ2v) is 10.8. The van der Waals surface area contributed by atoms with Crippen molar-refractivity contribution in [1.82, 2.24) is 20.1 Å². The van der Waals surface area contributed by atoms with Crippen LogP contribution >= 0.6 is 35.0 Å². The van der Waals surface area contributed by atoms with Gasteiger partial charge in [0.25, 0.3) is 5.91 Å². The molecular weight excluding hydrogens is 517 g/mol. The van der Waals surface area contributed by atoms with Gasteiger partial charge in [0.2, 0.25) is 5.91 Å². The van der Waals surface area contributed by atoms with Crippen molar-refractivity contribution in [2.24, 2.45) is 5.92 Å². The van der Waals surface area contributed by atoms with Crippen LogP contribution in [0, 0.1) is 19.8 Å². The SMILES string of the molecule is CCn1c(SCC(=O)Nc2ccc(C)cc2C)nnc1[C@@H](CC(C)C)NC(=O)c1ccc(Cl)cc1Cl. The van der Waals surface area contributed by atoms with E-state index in [1.807, 2.05) is 43.5 Å². The van der Waals surface area contributed by atoms with Gasteiger partial charge in [-0.1, -0.05) is 66.5 Å². The number of carbonyl (C=O) groups is 2. The number of nitrogens with one attached hydrogen (secondary N) is 2. The smallest absolute Gasteiger partial charge is 0.253 e. The van der Waals surface area contributed by atoms with Crippen LogP contribution in [0.1, 0.15) is 60.5 Å². The maximum Gasteiger partial charge on any atom is 0.253 e. The summed E-state index contributed by atoms with van der Waals surface area (Å²) in [4.78, 5) is 25.6. The molecule has 3 aromatic rings. The fourth-order valence-electron chi connectivity index (χ4n) is 3.84. The molecule has 192 valence electrons. The van der Waals surface area contributed by atoms with E-state index in [1.165, 1.54) is 11.8 Å². The molecule has 2 amide bonds. The fourth-order valence-corrected chi connectivity index (χ4v) is 5.15. The van der Waals surface area contributed by atoms with Crippen LogP contribution in [-0.4, -0.2) is 32.3 Å². The van der Waals surface area contributed by atoms with Crippen molar-refractivity contribution in [3.05, 3.63) is 69.0 Å². The molecule has 0 saturated carbocycles. The summed E-state index contributed by atoms with van der Waals surface area (Å²) in [6.45, 7) is 10.7. The highest BCUT2D eigenvalue weighted by Crippen LogP contribution is 2.27. The van der Waals surface area contributed by atoms with Crippen LogP contribution < -0.4 is 10.6 Å². The Kier molecular flexibility index (Phi) is 9.82. The number of aromatic nitrogens is 3. The molecule has 0 radical (unpaired) electrons. The quantitative estimate of drug-likeness (QED) is 0.284. The lowest BCUT2D eigenvalue weighted by Crippen LogP contribution is -2.32. The zero-order valence-electron chi connectivity index (χ0n) is 21.1. The Labute approximate surface area is 226 Å². The molecule has 2 aromatic carbocycles. The van der Waals surface area contributed by atoms with Gasteiger partial charge in [-0.15, -0.1) is 10.2 Å². The van der Waals surface area contributed by atoms with Crippen molar-refractivity contribution in [2.75, 3.05) is 11.1 Å². The molecule has 2 N–H and O–H groups in total. The number of thioether (sulfide) groups is 1. The Morgan fingerprint density at radius 1 is 1.08 bits per heavy atom. The van der Waals surface area contributed by atoms with E-state index >= 15 is 0 Å². The fraction of sp³-hybridized carbons (Fsp3) is 0.385. The van der Waals surface area contributed by atoms with Crippen LogP contribution in [0.3, 0.4) is 0 Å². The first-order chi connectivity index (χ1) is 17.1. The van der Waals surface area contributed by atoms with E-state index in [0.29, 0.717) is 34.5 Å². The number of halogens is 2. The van der Waals surface area contributed by atoms with Crippen LogP contribution in [0.15, 0.2) is 41.6 Å². The van der Waals surface area contributed by atoms with Crippen LogP contribution in [0.5, 0.6) is 0 Å². The number of carbonyl (C=O) groups excluding carboxylic acids is 2. The van der Waals surface area contributed by atoms with Crippen molar-refractivity contribution in [2.45, 2.75) is 58.8 Å². The molecule has 0 fully saturated rings. The third kappa shape index (κ3) is 7.24. The van der Waals surface area contributed by atoms with Crippen molar-refractivity contribution in [3.63, 3.8) is 0 Å². The monoisotopic (exact) mass is 547 g/mol. The Balaban J connectivity index is 1.75. The summed E-state index contributed by atoms with van der Waals surface area (Å²) in [6.07, 6.45) is 0.660. The molecule has 0 aliphatic carbocycles. The van der Waals surface area contributed by atoms with Gasteiger partial charge in [-0.2, -0.15) is 0 Å². The lowest BCUT2D eigenvalue weighted by Gasteiger charge is -2.21. The second-order valence-electron chi connectivity index (χ2n) is 9.02. The summed E-state index contributed by atoms with van der Waals surface area (Å²) in [5, 5.41) is 16.1. The van der Waals surface area contributed by atoms with Gasteiger partial charge in [0.15, 0.2) is 11.0 Å². The molecule has 0 saturated heterocycles. The largest absolute Gasteiger partial charge is 0.342 e. The van der Waals surface area contributed by atoms with Gasteiger partial charge in [-0.25, -0.2) is 0 Å². The zero-order chi connectivity index (χ0) is 26.4. The van der Waals surface area contributed by atoms with Crippen LogP contribution in [0.2, 0.25) is 10.0 Å². The molecule has 1 atom stereocenters. The lowest BCUT2D eigenvalue weighted by atomic mass is 10.0. The summed E-state index contributed by atoms with van der Waals surface area (Å²) in [7, 11) is 0. The van der Waals surface area contributed by atoms with Crippen LogP contribution in [0.25, 0.3) is 0 Å². The second kappa shape index (κ2) is 12.6. The summed E-state index contributed by atoms with van der Waals surface area (Å²) in [5.41, 5.74) is 3.30. The molecule has 0 spiro atoms. The highest BCUT2D eigenvalue weighted by atomic mass is 35.5. The maximum atomic E-state index is 13.0. The first-order valence-corrected chi connectivity index (χ1v) is 13.5. The molecule has 0 unspecified atom stereocenters. The molecule has 7 nitrogen and oxygen atoms in total. The van der Waals surface area contributed by atoms with Gasteiger partial charge in [0.05, 0.1) is 22.4 Å².